The Labute approximate surface area is 111 Å². The molecule has 98 valence electrons. The van der Waals surface area contributed by atoms with Gasteiger partial charge in [-0.2, -0.15) is 0 Å². The van der Waals surface area contributed by atoms with Crippen molar-refractivity contribution in [3.63, 3.8) is 0 Å². The molecule has 1 aromatic carbocycles. The first-order valence-corrected chi connectivity index (χ1v) is 6.33. The number of aliphatic carboxylic acids is 1. The average molecular weight is 257 g/mol. The first kappa shape index (κ1) is 12.0. The largest absolute Gasteiger partial charge is 0.480 e. The Kier molecular flexibility index (Phi) is 3.09. The first-order chi connectivity index (χ1) is 9.25. The summed E-state index contributed by atoms with van der Waals surface area (Å²) in [5.74, 6) is -0.00987. The maximum absolute atomic E-state index is 11.6. The minimum Gasteiger partial charge on any atom is -0.480 e. The predicted molar refractivity (Wildman–Crippen MR) is 69.6 cm³/mol. The van der Waals surface area contributed by atoms with E-state index in [0.717, 1.165) is 29.9 Å². The van der Waals surface area contributed by atoms with Crippen LogP contribution in [0.4, 0.5) is 0 Å². The molecule has 4 heteroatoms. The Balaban J connectivity index is 1.92. The topological polar surface area (TPSA) is 53.7 Å². The summed E-state index contributed by atoms with van der Waals surface area (Å²) in [6.45, 7) is 1.26. The molecule has 0 radical (unpaired) electrons. The predicted octanol–water partition coefficient (Wildman–Crippen LogP) is 2.46. The van der Waals surface area contributed by atoms with Gasteiger partial charge in [-0.3, -0.25) is 9.69 Å². The third-order valence-corrected chi connectivity index (χ3v) is 3.56. The summed E-state index contributed by atoms with van der Waals surface area (Å²) in [6, 6.07) is 10.9. The molecule has 1 N–H and O–H groups in total. The van der Waals surface area contributed by atoms with E-state index in [0.29, 0.717) is 6.54 Å². The second kappa shape index (κ2) is 4.90. The van der Waals surface area contributed by atoms with Gasteiger partial charge >= 0.3 is 5.97 Å². The van der Waals surface area contributed by atoms with E-state index in [1.54, 1.807) is 6.26 Å². The molecule has 1 unspecified atom stereocenters. The van der Waals surface area contributed by atoms with Crippen LogP contribution in [0.5, 0.6) is 0 Å². The lowest BCUT2D eigenvalue weighted by Crippen LogP contribution is -2.39. The van der Waals surface area contributed by atoms with E-state index < -0.39 is 12.0 Å². The number of nitrogens with zero attached hydrogens (tertiary/aromatic N) is 1. The minimum absolute atomic E-state index is 0.526. The molecular weight excluding hydrogens is 242 g/mol. The molecule has 2 heterocycles. The summed E-state index contributed by atoms with van der Waals surface area (Å²) >= 11 is 0. The number of hydrogen-bond acceptors (Lipinski definition) is 3. The van der Waals surface area contributed by atoms with Crippen LogP contribution in [0, 0.1) is 0 Å². The van der Waals surface area contributed by atoms with Crippen LogP contribution in [0.1, 0.15) is 22.9 Å². The van der Waals surface area contributed by atoms with E-state index in [1.807, 2.05) is 41.3 Å². The molecule has 19 heavy (non-hydrogen) atoms. The standard InChI is InChI=1S/C15H15NO3/c17-15(18)14-13-6-2-1-4-11(13)7-8-16(14)10-12-5-3-9-19-12/h1-6,9,14H,7-8,10H2,(H,17,18). The SMILES string of the molecule is O=C(O)C1c2ccccc2CCN1Cc1ccco1. The van der Waals surface area contributed by atoms with Crippen molar-refractivity contribution >= 4 is 5.97 Å². The smallest absolute Gasteiger partial charge is 0.325 e. The second-order valence-corrected chi connectivity index (χ2v) is 4.74. The lowest BCUT2D eigenvalue weighted by atomic mass is 9.92. The fraction of sp³-hybridized carbons (Fsp3) is 0.267. The van der Waals surface area contributed by atoms with E-state index in [-0.39, 0.29) is 0 Å². The van der Waals surface area contributed by atoms with Crippen LogP contribution in [0.2, 0.25) is 0 Å². The van der Waals surface area contributed by atoms with Crippen molar-refractivity contribution in [3.8, 4) is 0 Å². The van der Waals surface area contributed by atoms with Crippen LogP contribution in [0.25, 0.3) is 0 Å². The average Bonchev–Trinajstić information content (AvgIpc) is 2.91. The Morgan fingerprint density at radius 3 is 2.89 bits per heavy atom. The molecule has 0 saturated carbocycles. The van der Waals surface area contributed by atoms with Crippen molar-refractivity contribution in [2.24, 2.45) is 0 Å². The molecule has 1 aliphatic heterocycles. The second-order valence-electron chi connectivity index (χ2n) is 4.74. The maximum atomic E-state index is 11.6. The van der Waals surface area contributed by atoms with E-state index >= 15 is 0 Å². The van der Waals surface area contributed by atoms with Gasteiger partial charge in [0.15, 0.2) is 0 Å². The molecule has 4 nitrogen and oxygen atoms in total. The van der Waals surface area contributed by atoms with Crippen LogP contribution in [0.3, 0.4) is 0 Å². The van der Waals surface area contributed by atoms with Gasteiger partial charge < -0.3 is 9.52 Å². The fourth-order valence-corrected chi connectivity index (χ4v) is 2.68. The highest BCUT2D eigenvalue weighted by Gasteiger charge is 2.32. The molecule has 0 spiro atoms. The van der Waals surface area contributed by atoms with Crippen molar-refractivity contribution in [1.82, 2.24) is 4.90 Å². The van der Waals surface area contributed by atoms with Crippen molar-refractivity contribution in [2.45, 2.75) is 19.0 Å². The van der Waals surface area contributed by atoms with E-state index in [9.17, 15) is 9.90 Å². The highest BCUT2D eigenvalue weighted by molar-refractivity contribution is 5.76. The highest BCUT2D eigenvalue weighted by Crippen LogP contribution is 2.31. The normalized spacial score (nSPS) is 19.1. The Hall–Kier alpha value is -2.07. The number of carbonyl (C=O) groups is 1. The summed E-state index contributed by atoms with van der Waals surface area (Å²) in [5.41, 5.74) is 2.03. The summed E-state index contributed by atoms with van der Waals surface area (Å²) in [7, 11) is 0. The van der Waals surface area contributed by atoms with Crippen LogP contribution in [0.15, 0.2) is 47.1 Å². The van der Waals surface area contributed by atoms with Crippen LogP contribution in [-0.4, -0.2) is 22.5 Å². The summed E-state index contributed by atoms with van der Waals surface area (Å²) in [4.78, 5) is 13.5. The molecule has 1 aliphatic rings. The third-order valence-electron chi connectivity index (χ3n) is 3.56. The molecule has 1 atom stereocenters. The number of rotatable bonds is 3. The summed E-state index contributed by atoms with van der Waals surface area (Å²) < 4.78 is 5.32. The molecule has 2 aromatic rings. The van der Waals surface area contributed by atoms with E-state index in [4.69, 9.17) is 4.42 Å². The molecule has 1 aromatic heterocycles. The quantitative estimate of drug-likeness (QED) is 0.917. The molecule has 0 saturated heterocycles. The van der Waals surface area contributed by atoms with Gasteiger partial charge in [0.2, 0.25) is 0 Å². The van der Waals surface area contributed by atoms with Gasteiger partial charge in [0, 0.05) is 6.54 Å². The third kappa shape index (κ3) is 2.27. The number of benzene rings is 1. The molecule has 0 fully saturated rings. The lowest BCUT2D eigenvalue weighted by molar-refractivity contribution is -0.144. The number of hydrogen-bond donors (Lipinski definition) is 1. The highest BCUT2D eigenvalue weighted by atomic mass is 16.4. The van der Waals surface area contributed by atoms with E-state index in [2.05, 4.69) is 0 Å². The summed E-state index contributed by atoms with van der Waals surface area (Å²) in [6.07, 6.45) is 2.49. The van der Waals surface area contributed by atoms with Gasteiger partial charge in [-0.05, 0) is 29.7 Å². The first-order valence-electron chi connectivity index (χ1n) is 6.33. The molecular formula is C15H15NO3. The molecule has 0 aliphatic carbocycles. The number of carboxylic acid groups (broad SMARTS) is 1. The molecule has 0 bridgehead atoms. The van der Waals surface area contributed by atoms with Crippen molar-refractivity contribution in [3.05, 3.63) is 59.5 Å². The number of furan rings is 1. The zero-order chi connectivity index (χ0) is 13.2. The lowest BCUT2D eigenvalue weighted by Gasteiger charge is -2.34. The summed E-state index contributed by atoms with van der Waals surface area (Å²) in [5, 5.41) is 9.51. The maximum Gasteiger partial charge on any atom is 0.325 e. The zero-order valence-corrected chi connectivity index (χ0v) is 10.5. The fourth-order valence-electron chi connectivity index (χ4n) is 2.68. The van der Waals surface area contributed by atoms with E-state index in [1.165, 1.54) is 0 Å². The van der Waals surface area contributed by atoms with Gasteiger partial charge in [0.05, 0.1) is 12.8 Å². The minimum atomic E-state index is -0.807. The van der Waals surface area contributed by atoms with Gasteiger partial charge in [0.1, 0.15) is 11.8 Å². The van der Waals surface area contributed by atoms with Crippen LogP contribution in [-0.2, 0) is 17.8 Å². The zero-order valence-electron chi connectivity index (χ0n) is 10.5. The van der Waals surface area contributed by atoms with Crippen LogP contribution < -0.4 is 0 Å². The van der Waals surface area contributed by atoms with Gasteiger partial charge in [0.25, 0.3) is 0 Å². The Bertz CT molecular complexity index is 577. The molecule has 0 amide bonds. The molecule has 3 rings (SSSR count). The van der Waals surface area contributed by atoms with Gasteiger partial charge in [-0.15, -0.1) is 0 Å². The Morgan fingerprint density at radius 1 is 1.32 bits per heavy atom. The number of carboxylic acids is 1. The monoisotopic (exact) mass is 257 g/mol. The van der Waals surface area contributed by atoms with Crippen LogP contribution >= 0.6 is 0 Å². The van der Waals surface area contributed by atoms with Gasteiger partial charge in [-0.1, -0.05) is 24.3 Å². The van der Waals surface area contributed by atoms with Crippen molar-refractivity contribution in [2.75, 3.05) is 6.54 Å². The van der Waals surface area contributed by atoms with Crippen molar-refractivity contribution < 1.29 is 14.3 Å². The van der Waals surface area contributed by atoms with Gasteiger partial charge in [-0.25, -0.2) is 0 Å². The van der Waals surface area contributed by atoms with Crippen molar-refractivity contribution in [1.29, 1.82) is 0 Å². The number of fused-ring (bicyclic) bond motifs is 1. The Morgan fingerprint density at radius 2 is 2.16 bits per heavy atom.